The summed E-state index contributed by atoms with van der Waals surface area (Å²) < 4.78 is 21.5. The number of hydrogen-bond donors (Lipinski definition) is 1. The van der Waals surface area contributed by atoms with Crippen LogP contribution in [0.3, 0.4) is 0 Å². The van der Waals surface area contributed by atoms with Crippen molar-refractivity contribution in [2.75, 3.05) is 18.5 Å². The van der Waals surface area contributed by atoms with Crippen molar-refractivity contribution in [1.29, 1.82) is 0 Å². The Labute approximate surface area is 172 Å². The predicted octanol–water partition coefficient (Wildman–Crippen LogP) is 3.92. The average Bonchev–Trinajstić information content (AvgIpc) is 3.20. The van der Waals surface area contributed by atoms with Gasteiger partial charge in [0.2, 0.25) is 5.95 Å². The summed E-state index contributed by atoms with van der Waals surface area (Å²) in [5, 5.41) is 11.8. The van der Waals surface area contributed by atoms with Gasteiger partial charge in [0.05, 0.1) is 11.2 Å². The Hall–Kier alpha value is -3.39. The lowest BCUT2D eigenvalue weighted by atomic mass is 10.1. The number of hydrogen-bond acceptors (Lipinski definition) is 6. The zero-order valence-corrected chi connectivity index (χ0v) is 16.5. The highest BCUT2D eigenvalue weighted by Gasteiger charge is 2.16. The fourth-order valence-corrected chi connectivity index (χ4v) is 3.67. The standard InChI is InChI=1S/C22H21FN6O/c1-14-3-2-4-20(21(14)23)29-19-6-5-15(13-18(19)27-28-29)17-7-10-24-22(26-17)25-16-8-11-30-12-9-16/h2-7,10,13,16H,8-9,11-12H2,1H3,(H,24,25,26). The first kappa shape index (κ1) is 18.6. The second-order valence-electron chi connectivity index (χ2n) is 7.41. The van der Waals surface area contributed by atoms with Crippen molar-refractivity contribution in [2.24, 2.45) is 0 Å². The molecule has 0 saturated carbocycles. The molecule has 0 bridgehead atoms. The molecule has 1 N–H and O–H groups in total. The molecule has 152 valence electrons. The zero-order chi connectivity index (χ0) is 20.5. The molecular weight excluding hydrogens is 383 g/mol. The Balaban J connectivity index is 1.46. The van der Waals surface area contributed by atoms with E-state index in [2.05, 4.69) is 25.6 Å². The number of halogens is 1. The Morgan fingerprint density at radius 1 is 1.13 bits per heavy atom. The Morgan fingerprint density at radius 3 is 2.87 bits per heavy atom. The summed E-state index contributed by atoms with van der Waals surface area (Å²) >= 11 is 0. The van der Waals surface area contributed by atoms with Crippen molar-refractivity contribution in [2.45, 2.75) is 25.8 Å². The first-order chi connectivity index (χ1) is 14.7. The van der Waals surface area contributed by atoms with Gasteiger partial charge in [-0.2, -0.15) is 0 Å². The molecule has 1 aliphatic heterocycles. The molecule has 5 rings (SSSR count). The van der Waals surface area contributed by atoms with Crippen LogP contribution in [-0.2, 0) is 4.74 Å². The summed E-state index contributed by atoms with van der Waals surface area (Å²) in [4.78, 5) is 9.00. The maximum absolute atomic E-state index is 14.6. The molecule has 1 aliphatic rings. The molecule has 0 atom stereocenters. The molecule has 1 fully saturated rings. The van der Waals surface area contributed by atoms with Crippen molar-refractivity contribution in [3.8, 4) is 16.9 Å². The van der Waals surface area contributed by atoms with Crippen molar-refractivity contribution < 1.29 is 9.13 Å². The largest absolute Gasteiger partial charge is 0.381 e. The van der Waals surface area contributed by atoms with E-state index < -0.39 is 0 Å². The highest BCUT2D eigenvalue weighted by Crippen LogP contribution is 2.25. The molecule has 4 aromatic rings. The maximum atomic E-state index is 14.6. The normalized spacial score (nSPS) is 14.9. The van der Waals surface area contributed by atoms with Gasteiger partial charge >= 0.3 is 0 Å². The monoisotopic (exact) mass is 404 g/mol. The predicted molar refractivity (Wildman–Crippen MR) is 112 cm³/mol. The van der Waals surface area contributed by atoms with E-state index in [0.717, 1.165) is 42.8 Å². The van der Waals surface area contributed by atoms with E-state index in [1.165, 1.54) is 4.68 Å². The van der Waals surface area contributed by atoms with Gasteiger partial charge < -0.3 is 10.1 Å². The van der Waals surface area contributed by atoms with Gasteiger partial charge in [-0.1, -0.05) is 23.4 Å². The fourth-order valence-electron chi connectivity index (χ4n) is 3.67. The van der Waals surface area contributed by atoms with Crippen LogP contribution in [0.15, 0.2) is 48.7 Å². The SMILES string of the molecule is Cc1cccc(-n2nnc3cc(-c4ccnc(NC5CCOCC5)n4)ccc32)c1F. The molecule has 0 amide bonds. The molecule has 3 heterocycles. The van der Waals surface area contributed by atoms with E-state index in [-0.39, 0.29) is 5.82 Å². The minimum Gasteiger partial charge on any atom is -0.381 e. The third-order valence-corrected chi connectivity index (χ3v) is 5.35. The molecule has 0 aliphatic carbocycles. The zero-order valence-electron chi connectivity index (χ0n) is 16.5. The van der Waals surface area contributed by atoms with Gasteiger partial charge in [0.25, 0.3) is 0 Å². The summed E-state index contributed by atoms with van der Waals surface area (Å²) in [5.74, 6) is 0.304. The number of aromatic nitrogens is 5. The molecule has 0 spiro atoms. The van der Waals surface area contributed by atoms with Crippen LogP contribution in [0.2, 0.25) is 0 Å². The van der Waals surface area contributed by atoms with Gasteiger partial charge in [-0.05, 0) is 49.6 Å². The topological polar surface area (TPSA) is 77.8 Å². The van der Waals surface area contributed by atoms with Crippen molar-refractivity contribution in [3.63, 3.8) is 0 Å². The lowest BCUT2D eigenvalue weighted by Gasteiger charge is -2.23. The first-order valence-corrected chi connectivity index (χ1v) is 9.98. The van der Waals surface area contributed by atoms with Gasteiger partial charge in [-0.3, -0.25) is 0 Å². The van der Waals surface area contributed by atoms with E-state index in [4.69, 9.17) is 4.74 Å². The highest BCUT2D eigenvalue weighted by atomic mass is 19.1. The smallest absolute Gasteiger partial charge is 0.223 e. The number of nitrogens with one attached hydrogen (secondary N) is 1. The Bertz CT molecular complexity index is 1200. The molecular formula is C22H21FN6O. The van der Waals surface area contributed by atoms with Crippen molar-refractivity contribution >= 4 is 17.0 Å². The van der Waals surface area contributed by atoms with Gasteiger partial charge in [0, 0.05) is 31.0 Å². The van der Waals surface area contributed by atoms with E-state index in [1.807, 2.05) is 30.3 Å². The van der Waals surface area contributed by atoms with Gasteiger partial charge in [0.15, 0.2) is 5.82 Å². The molecule has 30 heavy (non-hydrogen) atoms. The third-order valence-electron chi connectivity index (χ3n) is 5.35. The van der Waals surface area contributed by atoms with Crippen LogP contribution in [0.1, 0.15) is 18.4 Å². The molecule has 2 aromatic carbocycles. The lowest BCUT2D eigenvalue weighted by Crippen LogP contribution is -2.28. The number of anilines is 1. The van der Waals surface area contributed by atoms with Crippen LogP contribution in [-0.4, -0.2) is 44.2 Å². The Morgan fingerprint density at radius 2 is 2.00 bits per heavy atom. The van der Waals surface area contributed by atoms with Gasteiger partial charge in [-0.25, -0.2) is 19.0 Å². The summed E-state index contributed by atoms with van der Waals surface area (Å²) in [7, 11) is 0. The minimum absolute atomic E-state index is 0.298. The molecule has 0 unspecified atom stereocenters. The second kappa shape index (κ2) is 7.79. The number of nitrogens with zero attached hydrogens (tertiary/aromatic N) is 5. The van der Waals surface area contributed by atoms with E-state index in [9.17, 15) is 4.39 Å². The van der Waals surface area contributed by atoms with Crippen LogP contribution in [0.4, 0.5) is 10.3 Å². The van der Waals surface area contributed by atoms with Crippen LogP contribution < -0.4 is 5.32 Å². The second-order valence-corrected chi connectivity index (χ2v) is 7.41. The first-order valence-electron chi connectivity index (χ1n) is 9.98. The molecule has 8 heteroatoms. The molecule has 0 radical (unpaired) electrons. The Kier molecular flexibility index (Phi) is 4.84. The van der Waals surface area contributed by atoms with Crippen LogP contribution in [0, 0.1) is 12.7 Å². The van der Waals surface area contributed by atoms with E-state index in [1.54, 1.807) is 25.3 Å². The molecule has 2 aromatic heterocycles. The van der Waals surface area contributed by atoms with Crippen molar-refractivity contribution in [1.82, 2.24) is 25.0 Å². The summed E-state index contributed by atoms with van der Waals surface area (Å²) in [5.41, 5.74) is 4.05. The number of rotatable bonds is 4. The molecule has 1 saturated heterocycles. The van der Waals surface area contributed by atoms with Crippen LogP contribution in [0.25, 0.3) is 28.0 Å². The number of fused-ring (bicyclic) bond motifs is 1. The van der Waals surface area contributed by atoms with Crippen LogP contribution >= 0.6 is 0 Å². The summed E-state index contributed by atoms with van der Waals surface area (Å²) in [6.07, 6.45) is 3.63. The number of aryl methyl sites for hydroxylation is 1. The maximum Gasteiger partial charge on any atom is 0.223 e. The number of ether oxygens (including phenoxy) is 1. The van der Waals surface area contributed by atoms with Crippen LogP contribution in [0.5, 0.6) is 0 Å². The quantitative estimate of drug-likeness (QED) is 0.556. The highest BCUT2D eigenvalue weighted by molar-refractivity contribution is 5.82. The van der Waals surface area contributed by atoms with Gasteiger partial charge in [0.1, 0.15) is 11.2 Å². The van der Waals surface area contributed by atoms with Crippen molar-refractivity contribution in [3.05, 3.63) is 60.0 Å². The molecule has 7 nitrogen and oxygen atoms in total. The fraction of sp³-hybridized carbons (Fsp3) is 0.273. The lowest BCUT2D eigenvalue weighted by molar-refractivity contribution is 0.0903. The van der Waals surface area contributed by atoms with Gasteiger partial charge in [-0.15, -0.1) is 5.10 Å². The minimum atomic E-state index is -0.298. The average molecular weight is 404 g/mol. The van der Waals surface area contributed by atoms with E-state index in [0.29, 0.717) is 28.8 Å². The van der Waals surface area contributed by atoms with E-state index >= 15 is 0 Å². The summed E-state index contributed by atoms with van der Waals surface area (Å²) in [6, 6.07) is 13.2. The number of benzene rings is 2. The third kappa shape index (κ3) is 3.50. The summed E-state index contributed by atoms with van der Waals surface area (Å²) in [6.45, 7) is 3.24.